The Bertz CT molecular complexity index is 689. The van der Waals surface area contributed by atoms with Crippen LogP contribution in [0.5, 0.6) is 0 Å². The van der Waals surface area contributed by atoms with E-state index >= 15 is 0 Å². The molecule has 4 N–H and O–H groups in total. The van der Waals surface area contributed by atoms with E-state index in [0.717, 1.165) is 0 Å². The molecule has 188 valence electrons. The Kier molecular flexibility index (Phi) is 11.1. The van der Waals surface area contributed by atoms with Gasteiger partial charge in [0.05, 0.1) is 12.8 Å². The van der Waals surface area contributed by atoms with Crippen LogP contribution >= 0.6 is 0 Å². The molecule has 0 aromatic heterocycles. The number of rotatable bonds is 10. The molecule has 0 radical (unpaired) electrons. The third kappa shape index (κ3) is 15.0. The van der Waals surface area contributed by atoms with E-state index in [0.29, 0.717) is 0 Å². The molecule has 0 aromatic carbocycles. The lowest BCUT2D eigenvalue weighted by Gasteiger charge is -2.23. The van der Waals surface area contributed by atoms with Crippen LogP contribution < -0.4 is 10.6 Å². The number of amides is 2. The number of carbonyl (C=O) groups is 6. The van der Waals surface area contributed by atoms with Gasteiger partial charge in [-0.05, 0) is 41.5 Å². The van der Waals surface area contributed by atoms with Gasteiger partial charge in [0, 0.05) is 0 Å². The molecule has 0 rings (SSSR count). The maximum Gasteiger partial charge on any atom is 0.408 e. The number of aliphatic carboxylic acids is 2. The van der Waals surface area contributed by atoms with E-state index in [4.69, 9.17) is 19.7 Å². The lowest BCUT2D eigenvalue weighted by Crippen LogP contribution is -2.46. The van der Waals surface area contributed by atoms with E-state index < -0.39 is 79.0 Å². The first-order valence-corrected chi connectivity index (χ1v) is 9.65. The normalized spacial score (nSPS) is 13.0. The minimum absolute atomic E-state index is 0.853. The zero-order chi connectivity index (χ0) is 26.0. The fraction of sp³-hybridized carbons (Fsp3) is 0.684. The number of esters is 2. The number of alkyl carbamates (subject to hydrolysis) is 2. The number of carboxylic acids is 2. The van der Waals surface area contributed by atoms with Gasteiger partial charge in [-0.25, -0.2) is 19.2 Å². The summed E-state index contributed by atoms with van der Waals surface area (Å²) >= 11 is 0. The Morgan fingerprint density at radius 2 is 0.970 bits per heavy atom. The van der Waals surface area contributed by atoms with Gasteiger partial charge in [0.25, 0.3) is 0 Å². The third-order valence-corrected chi connectivity index (χ3v) is 3.11. The number of carboxylic acid groups (broad SMARTS) is 2. The number of ether oxygens (including phenoxy) is 4. The second kappa shape index (κ2) is 12.5. The number of nitrogens with one attached hydrogen (secondary N) is 2. The van der Waals surface area contributed by atoms with Crippen LogP contribution in [-0.2, 0) is 38.1 Å². The molecule has 0 spiro atoms. The highest BCUT2D eigenvalue weighted by Gasteiger charge is 2.30. The summed E-state index contributed by atoms with van der Waals surface area (Å²) in [6.45, 7) is 8.26. The van der Waals surface area contributed by atoms with Gasteiger partial charge in [0.2, 0.25) is 6.79 Å². The van der Waals surface area contributed by atoms with E-state index in [1.165, 1.54) is 0 Å². The van der Waals surface area contributed by atoms with Crippen molar-refractivity contribution in [3.05, 3.63) is 0 Å². The molecule has 2 atom stereocenters. The minimum atomic E-state index is -1.66. The second-order valence-electron chi connectivity index (χ2n) is 8.64. The van der Waals surface area contributed by atoms with Crippen LogP contribution in [0.25, 0.3) is 0 Å². The molecule has 0 bridgehead atoms. The van der Waals surface area contributed by atoms with Crippen LogP contribution in [0.1, 0.15) is 54.4 Å². The lowest BCUT2D eigenvalue weighted by molar-refractivity contribution is -0.172. The van der Waals surface area contributed by atoms with Crippen LogP contribution in [0.15, 0.2) is 0 Å². The van der Waals surface area contributed by atoms with Crippen LogP contribution in [-0.4, -0.2) is 76.4 Å². The first-order valence-electron chi connectivity index (χ1n) is 9.65. The summed E-state index contributed by atoms with van der Waals surface area (Å²) in [5, 5.41) is 21.9. The Hall–Kier alpha value is -3.58. The minimum Gasteiger partial charge on any atom is -0.481 e. The molecular formula is C19H30N2O12. The SMILES string of the molecule is CC(C)(C)OC(=O)NC(CC(=O)O)C(=O)OCOC(=O)[C@H](CC(=O)O)NC(=O)OC(C)(C)C. The molecule has 0 heterocycles. The second-order valence-corrected chi connectivity index (χ2v) is 8.64. The summed E-state index contributed by atoms with van der Waals surface area (Å²) in [5.41, 5.74) is -1.84. The predicted octanol–water partition coefficient (Wildman–Crippen LogP) is 0.766. The van der Waals surface area contributed by atoms with Crippen LogP contribution in [0, 0.1) is 0 Å². The summed E-state index contributed by atoms with van der Waals surface area (Å²) in [6.07, 6.45) is -3.86. The van der Waals surface area contributed by atoms with E-state index in [2.05, 4.69) is 9.47 Å². The molecule has 2 amide bonds. The Balaban J connectivity index is 4.97. The Morgan fingerprint density at radius 1 is 0.667 bits per heavy atom. The molecule has 14 heteroatoms. The standard InChI is InChI=1S/C19H30N2O12/c1-18(2,3)32-16(28)20-10(7-12(22)23)14(26)30-9-31-15(27)11(8-13(24)25)21-17(29)33-19(4,5)6/h10-11H,7-9H2,1-6H3,(H,20,28)(H,21,29)(H,22,23)(H,24,25)/t10-,11?/m0/s1. The van der Waals surface area contributed by atoms with Crippen LogP contribution in [0.3, 0.4) is 0 Å². The maximum absolute atomic E-state index is 12.1. The van der Waals surface area contributed by atoms with Gasteiger partial charge < -0.3 is 39.8 Å². The monoisotopic (exact) mass is 478 g/mol. The molecular weight excluding hydrogens is 448 g/mol. The molecule has 0 fully saturated rings. The predicted molar refractivity (Wildman–Crippen MR) is 108 cm³/mol. The van der Waals surface area contributed by atoms with E-state index in [1.54, 1.807) is 41.5 Å². The van der Waals surface area contributed by atoms with Gasteiger partial charge in [-0.15, -0.1) is 0 Å². The number of carbonyl (C=O) groups excluding carboxylic acids is 4. The van der Waals surface area contributed by atoms with Crippen molar-refractivity contribution >= 4 is 36.1 Å². The van der Waals surface area contributed by atoms with E-state index in [1.807, 2.05) is 10.6 Å². The first-order chi connectivity index (χ1) is 14.9. The molecule has 0 aliphatic carbocycles. The quantitative estimate of drug-likeness (QED) is 0.195. The largest absolute Gasteiger partial charge is 0.481 e. The van der Waals surface area contributed by atoms with Crippen LogP contribution in [0.2, 0.25) is 0 Å². The van der Waals surface area contributed by atoms with Crippen molar-refractivity contribution in [2.45, 2.75) is 77.7 Å². The maximum atomic E-state index is 12.1. The molecule has 1 unspecified atom stereocenters. The van der Waals surface area contributed by atoms with Crippen molar-refractivity contribution in [1.82, 2.24) is 10.6 Å². The number of hydrogen-bond acceptors (Lipinski definition) is 10. The average Bonchev–Trinajstić information content (AvgIpc) is 2.56. The van der Waals surface area contributed by atoms with Gasteiger partial charge in [-0.3, -0.25) is 9.59 Å². The Labute approximate surface area is 189 Å². The van der Waals surface area contributed by atoms with E-state index in [9.17, 15) is 28.8 Å². The van der Waals surface area contributed by atoms with Crippen molar-refractivity contribution in [3.63, 3.8) is 0 Å². The topological polar surface area (TPSA) is 204 Å². The fourth-order valence-corrected chi connectivity index (χ4v) is 1.98. The molecule has 33 heavy (non-hydrogen) atoms. The average molecular weight is 478 g/mol. The van der Waals surface area contributed by atoms with Crippen LogP contribution in [0.4, 0.5) is 9.59 Å². The zero-order valence-corrected chi connectivity index (χ0v) is 19.3. The van der Waals surface area contributed by atoms with Gasteiger partial charge in [0.1, 0.15) is 23.3 Å². The summed E-state index contributed by atoms with van der Waals surface area (Å²) in [4.78, 5) is 69.8. The van der Waals surface area contributed by atoms with Crippen molar-refractivity contribution < 1.29 is 57.9 Å². The smallest absolute Gasteiger partial charge is 0.408 e. The van der Waals surface area contributed by atoms with Crippen molar-refractivity contribution in [2.75, 3.05) is 6.79 Å². The molecule has 0 saturated heterocycles. The molecule has 0 aromatic rings. The number of hydrogen-bond donors (Lipinski definition) is 4. The van der Waals surface area contributed by atoms with Gasteiger partial charge in [-0.1, -0.05) is 0 Å². The van der Waals surface area contributed by atoms with Crippen molar-refractivity contribution in [3.8, 4) is 0 Å². The third-order valence-electron chi connectivity index (χ3n) is 3.11. The first kappa shape index (κ1) is 29.4. The zero-order valence-electron chi connectivity index (χ0n) is 19.3. The summed E-state index contributed by atoms with van der Waals surface area (Å²) in [7, 11) is 0. The lowest BCUT2D eigenvalue weighted by atomic mass is 10.2. The molecule has 0 saturated carbocycles. The summed E-state index contributed by atoms with van der Waals surface area (Å²) in [5.74, 6) is -5.39. The van der Waals surface area contributed by atoms with Crippen molar-refractivity contribution in [2.24, 2.45) is 0 Å². The molecule has 14 nitrogen and oxygen atoms in total. The summed E-state index contributed by atoms with van der Waals surface area (Å²) in [6, 6.07) is -3.32. The van der Waals surface area contributed by atoms with E-state index in [-0.39, 0.29) is 0 Å². The van der Waals surface area contributed by atoms with Gasteiger partial charge in [-0.2, -0.15) is 0 Å². The Morgan fingerprint density at radius 3 is 1.21 bits per heavy atom. The molecule has 0 aliphatic heterocycles. The highest BCUT2D eigenvalue weighted by atomic mass is 16.7. The highest BCUT2D eigenvalue weighted by Crippen LogP contribution is 2.09. The molecule has 0 aliphatic rings. The highest BCUT2D eigenvalue weighted by molar-refractivity contribution is 5.87. The van der Waals surface area contributed by atoms with Gasteiger partial charge in [0.15, 0.2) is 0 Å². The summed E-state index contributed by atoms with van der Waals surface area (Å²) < 4.78 is 19.2. The fourth-order valence-electron chi connectivity index (χ4n) is 1.98. The van der Waals surface area contributed by atoms with Gasteiger partial charge >= 0.3 is 36.1 Å². The van der Waals surface area contributed by atoms with Crippen molar-refractivity contribution in [1.29, 1.82) is 0 Å².